The Bertz CT molecular complexity index is 1150. The third-order valence-electron chi connectivity index (χ3n) is 9.14. The minimum atomic E-state index is 0. The molecule has 0 aromatic heterocycles. The minimum Gasteiger partial charge on any atom is -1.00 e. The zero-order chi connectivity index (χ0) is 27.2. The van der Waals surface area contributed by atoms with Crippen LogP contribution in [0, 0.1) is 33.8 Å². The van der Waals surface area contributed by atoms with E-state index in [2.05, 4.69) is 84.0 Å². The van der Waals surface area contributed by atoms with Crippen molar-refractivity contribution in [2.75, 3.05) is 0 Å². The Kier molecular flexibility index (Phi) is 14.7. The van der Waals surface area contributed by atoms with Crippen LogP contribution in [-0.4, -0.2) is 3.21 Å². The van der Waals surface area contributed by atoms with Crippen molar-refractivity contribution in [2.45, 2.75) is 124 Å². The Morgan fingerprint density at radius 1 is 0.725 bits per heavy atom. The number of hydrogen-bond donors (Lipinski definition) is 0. The van der Waals surface area contributed by atoms with Crippen molar-refractivity contribution in [1.29, 1.82) is 0 Å². The predicted octanol–water partition coefficient (Wildman–Crippen LogP) is 4.55. The van der Waals surface area contributed by atoms with Crippen LogP contribution in [-0.2, 0) is 30.7 Å². The molecule has 0 atom stereocenters. The first-order valence-corrected chi connectivity index (χ1v) is 16.4. The summed E-state index contributed by atoms with van der Waals surface area (Å²) in [5.41, 5.74) is 14.8. The summed E-state index contributed by atoms with van der Waals surface area (Å²) in [6.07, 6.45) is 15.1. The molecule has 3 aliphatic carbocycles. The van der Waals surface area contributed by atoms with Gasteiger partial charge >= 0.3 is 41.3 Å². The summed E-state index contributed by atoms with van der Waals surface area (Å²) < 4.78 is 1.51. The molecule has 3 aromatic rings. The first kappa shape index (κ1) is 35.3. The molecule has 0 unspecified atom stereocenters. The van der Waals surface area contributed by atoms with Gasteiger partial charge in [0.25, 0.3) is 0 Å². The van der Waals surface area contributed by atoms with Gasteiger partial charge in [-0.25, -0.2) is 0 Å². The Labute approximate surface area is 272 Å². The fourth-order valence-corrected chi connectivity index (χ4v) is 6.64. The largest absolute Gasteiger partial charge is 1.00 e. The molecule has 3 aromatic carbocycles. The van der Waals surface area contributed by atoms with E-state index in [1.54, 1.807) is 35.4 Å². The molecule has 0 nitrogen and oxygen atoms in total. The van der Waals surface area contributed by atoms with Crippen LogP contribution in [0.2, 0.25) is 0 Å². The zero-order valence-corrected chi connectivity index (χ0v) is 29.6. The van der Waals surface area contributed by atoms with E-state index in [1.165, 1.54) is 112 Å². The van der Waals surface area contributed by atoms with Gasteiger partial charge in [0.05, 0.1) is 0 Å². The molecule has 2 fully saturated rings. The molecule has 0 heterocycles. The first-order chi connectivity index (χ1) is 18.2. The topological polar surface area (TPSA) is 0 Å². The summed E-state index contributed by atoms with van der Waals surface area (Å²) >= 11 is 1.55. The smallest absolute Gasteiger partial charge is 0.0162 e. The molecule has 0 amide bonds. The van der Waals surface area contributed by atoms with Crippen LogP contribution in [0.3, 0.4) is 0 Å². The molecule has 0 bridgehead atoms. The number of hydrogen-bond acceptors (Lipinski definition) is 0. The van der Waals surface area contributed by atoms with Gasteiger partial charge in [0.2, 0.25) is 0 Å². The van der Waals surface area contributed by atoms with Gasteiger partial charge in [-0.15, -0.1) is 11.1 Å². The summed E-state index contributed by atoms with van der Waals surface area (Å²) in [7, 11) is 0. The summed E-state index contributed by atoms with van der Waals surface area (Å²) in [4.78, 5) is 0. The molecule has 0 radical (unpaired) electrons. The van der Waals surface area contributed by atoms with E-state index in [9.17, 15) is 0 Å². The maximum absolute atomic E-state index is 3.84. The van der Waals surface area contributed by atoms with Crippen molar-refractivity contribution in [2.24, 2.45) is 0 Å². The van der Waals surface area contributed by atoms with E-state index in [-0.39, 0.29) is 24.8 Å². The fourth-order valence-electron chi connectivity index (χ4n) is 6.64. The summed E-state index contributed by atoms with van der Waals surface area (Å²) in [5.74, 6) is 1.57. The molecule has 3 heteroatoms. The van der Waals surface area contributed by atoms with Gasteiger partial charge in [0.15, 0.2) is 0 Å². The van der Waals surface area contributed by atoms with Crippen LogP contribution in [0.1, 0.15) is 134 Å². The molecular weight excluding hydrogens is 607 g/mol. The second kappa shape index (κ2) is 16.7. The van der Waals surface area contributed by atoms with Gasteiger partial charge in [0, 0.05) is 0 Å². The van der Waals surface area contributed by atoms with Crippen LogP contribution in [0.5, 0.6) is 0 Å². The Hall–Kier alpha value is -0.877. The van der Waals surface area contributed by atoms with E-state index in [0.29, 0.717) is 0 Å². The fraction of sp³-hybridized carbons (Fsp3) is 0.514. The molecule has 40 heavy (non-hydrogen) atoms. The van der Waals surface area contributed by atoms with Crippen molar-refractivity contribution in [1.82, 2.24) is 0 Å². The Morgan fingerprint density at radius 3 is 1.73 bits per heavy atom. The minimum absolute atomic E-state index is 0. The van der Waals surface area contributed by atoms with Gasteiger partial charge in [-0.2, -0.15) is 52.1 Å². The average Bonchev–Trinajstić information content (AvgIpc) is 3.40. The van der Waals surface area contributed by atoms with Crippen molar-refractivity contribution in [3.63, 3.8) is 0 Å². The van der Waals surface area contributed by atoms with Crippen molar-refractivity contribution >= 4 is 3.21 Å². The zero-order valence-electron chi connectivity index (χ0n) is 25.7. The maximum Gasteiger partial charge on any atom is -0.0162 e. The average molecular weight is 655 g/mol. The maximum atomic E-state index is 3.84. The quantitative estimate of drug-likeness (QED) is 0.279. The van der Waals surface area contributed by atoms with Crippen LogP contribution in [0.4, 0.5) is 0 Å². The molecule has 6 rings (SSSR count). The molecule has 0 saturated heterocycles. The molecule has 0 N–H and O–H groups in total. The Morgan fingerprint density at radius 2 is 1.23 bits per heavy atom. The van der Waals surface area contributed by atoms with E-state index in [1.807, 2.05) is 0 Å². The number of rotatable bonds is 2. The molecule has 0 aliphatic heterocycles. The number of aryl methyl sites for hydroxylation is 2. The summed E-state index contributed by atoms with van der Waals surface area (Å²) in [6.45, 7) is 12.9. The van der Waals surface area contributed by atoms with Crippen molar-refractivity contribution in [3.8, 4) is 11.1 Å². The van der Waals surface area contributed by atoms with E-state index in [0.717, 1.165) is 18.3 Å². The van der Waals surface area contributed by atoms with E-state index in [4.69, 9.17) is 0 Å². The van der Waals surface area contributed by atoms with Crippen LogP contribution in [0.25, 0.3) is 11.1 Å². The second-order valence-corrected chi connectivity index (χ2v) is 14.8. The van der Waals surface area contributed by atoms with Gasteiger partial charge in [0.1, 0.15) is 0 Å². The molecule has 2 saturated carbocycles. The second-order valence-electron chi connectivity index (χ2n) is 12.3. The van der Waals surface area contributed by atoms with Crippen molar-refractivity contribution < 1.29 is 49.0 Å². The Balaban J connectivity index is 0.000000315. The van der Waals surface area contributed by atoms with E-state index < -0.39 is 0 Å². The normalized spacial score (nSPS) is 16.2. The summed E-state index contributed by atoms with van der Waals surface area (Å²) in [6, 6.07) is 18.2. The van der Waals surface area contributed by atoms with Gasteiger partial charge in [-0.05, 0) is 55.1 Å². The van der Waals surface area contributed by atoms with Crippen LogP contribution < -0.4 is 24.8 Å². The molecular formula is C37H48Cl2Zr-2. The molecule has 216 valence electrons. The monoisotopic (exact) mass is 652 g/mol. The summed E-state index contributed by atoms with van der Waals surface area (Å²) in [5, 5.41) is 0. The molecule has 0 spiro atoms. The third kappa shape index (κ3) is 9.06. The third-order valence-corrected chi connectivity index (χ3v) is 9.14. The van der Waals surface area contributed by atoms with Gasteiger partial charge < -0.3 is 24.8 Å². The van der Waals surface area contributed by atoms with Gasteiger partial charge in [-0.3, -0.25) is 0 Å². The van der Waals surface area contributed by atoms with Crippen LogP contribution in [0.15, 0.2) is 36.4 Å². The van der Waals surface area contributed by atoms with Crippen LogP contribution >= 0.6 is 0 Å². The SMILES string of the molecule is C[C](C)=[Zr+2].Cc1[cH-]c(C)c(C)c1C.[Cl-].[Cl-].[c-]1c(C2CCCCC2)ccc2c1Cc1cc(C3CCCCC3)ccc1-2. The predicted molar refractivity (Wildman–Crippen MR) is 163 cm³/mol. The van der Waals surface area contributed by atoms with Gasteiger partial charge in [-0.1, -0.05) is 90.0 Å². The number of benzene rings is 2. The first-order valence-electron chi connectivity index (χ1n) is 15.1. The number of halogens is 2. The molecule has 3 aliphatic rings. The van der Waals surface area contributed by atoms with Crippen molar-refractivity contribution in [3.05, 3.63) is 87.0 Å². The number of fused-ring (bicyclic) bond motifs is 3. The standard InChI is InChI=1S/C25H29.C9H13.C3H6.2ClH.Zr/c1-3-7-18(8-4-1)20-11-13-24-22(15-20)17-23-16-21(12-14-25(23)24)19-9-5-2-6-10-19;1-6-5-7(2)9(4)8(6)3;1-3-2;;;/h11-15,18-19H,1-10,17H2;5H,1-4H3;1-2H3;2*1H;/q2*-1;;;;+2/p-2. The van der Waals surface area contributed by atoms with E-state index >= 15 is 0 Å².